The van der Waals surface area contributed by atoms with E-state index >= 15 is 0 Å². The first-order chi connectivity index (χ1) is 16.5. The second-order valence-corrected chi connectivity index (χ2v) is 11.4. The lowest BCUT2D eigenvalue weighted by atomic mass is 9.89. The van der Waals surface area contributed by atoms with Crippen molar-refractivity contribution in [2.24, 2.45) is 5.92 Å². The van der Waals surface area contributed by atoms with Crippen LogP contribution in [0.3, 0.4) is 0 Å². The van der Waals surface area contributed by atoms with Gasteiger partial charge in [0.2, 0.25) is 0 Å². The first-order valence-corrected chi connectivity index (χ1v) is 13.0. The van der Waals surface area contributed by atoms with Crippen LogP contribution in [-0.4, -0.2) is 26.2 Å². The molecule has 3 aromatic rings. The van der Waals surface area contributed by atoms with Crippen LogP contribution in [0.2, 0.25) is 5.02 Å². The van der Waals surface area contributed by atoms with Gasteiger partial charge in [0.05, 0.1) is 5.60 Å². The molecule has 2 heterocycles. The fourth-order valence-corrected chi connectivity index (χ4v) is 5.60. The van der Waals surface area contributed by atoms with Crippen molar-refractivity contribution >= 4 is 28.6 Å². The fourth-order valence-electron chi connectivity index (χ4n) is 5.47. The summed E-state index contributed by atoms with van der Waals surface area (Å²) in [5.74, 6) is -0.371. The number of benzene rings is 1. The molecule has 0 aliphatic heterocycles. The highest BCUT2D eigenvalue weighted by atomic mass is 35.5. The number of nitrogens with zero attached hydrogens (tertiary/aromatic N) is 2. The number of pyridine rings is 1. The van der Waals surface area contributed by atoms with Crippen LogP contribution in [0.25, 0.3) is 22.2 Å². The molecule has 1 aromatic carbocycles. The van der Waals surface area contributed by atoms with Gasteiger partial charge in [-0.25, -0.2) is 9.78 Å². The molecule has 0 saturated heterocycles. The maximum absolute atomic E-state index is 12.5. The molecule has 0 unspecified atom stereocenters. The number of carboxylic acid groups (broad SMARTS) is 1. The smallest absolute Gasteiger partial charge is 0.337 e. The number of aromatic nitrogens is 2. The Morgan fingerprint density at radius 1 is 1.14 bits per heavy atom. The Kier molecular flexibility index (Phi) is 7.31. The molecule has 35 heavy (non-hydrogen) atoms. The molecule has 1 N–H and O–H groups in total. The number of carboxylic acids is 1. The van der Waals surface area contributed by atoms with E-state index < -0.39 is 17.7 Å². The minimum absolute atomic E-state index is 0.611. The maximum atomic E-state index is 12.5. The predicted molar refractivity (Wildman–Crippen MR) is 142 cm³/mol. The van der Waals surface area contributed by atoms with E-state index in [4.69, 9.17) is 21.3 Å². The average molecular weight is 497 g/mol. The second kappa shape index (κ2) is 9.94. The lowest BCUT2D eigenvalue weighted by Gasteiger charge is -2.28. The van der Waals surface area contributed by atoms with Gasteiger partial charge in [-0.2, -0.15) is 0 Å². The number of ether oxygens (including phenoxy) is 1. The molecular formula is C29H37ClN2O3. The Hall–Kier alpha value is -2.37. The van der Waals surface area contributed by atoms with Crippen LogP contribution in [0, 0.1) is 26.7 Å². The van der Waals surface area contributed by atoms with Gasteiger partial charge in [-0.3, -0.25) is 0 Å². The van der Waals surface area contributed by atoms with E-state index in [-0.39, 0.29) is 0 Å². The van der Waals surface area contributed by atoms with Gasteiger partial charge in [0.15, 0.2) is 6.10 Å². The SMILES string of the molecule is Cc1nc2c(c(C)c(C)n2CC2CCCCC2)c(-c2ccc(Cl)cc2)c1[C@H](OC(C)(C)C)C(=O)O. The van der Waals surface area contributed by atoms with Crippen molar-refractivity contribution in [3.8, 4) is 11.1 Å². The third kappa shape index (κ3) is 5.26. The van der Waals surface area contributed by atoms with Crippen molar-refractivity contribution in [1.82, 2.24) is 9.55 Å². The zero-order chi connectivity index (χ0) is 25.5. The van der Waals surface area contributed by atoms with Crippen LogP contribution >= 0.6 is 11.6 Å². The van der Waals surface area contributed by atoms with Crippen molar-refractivity contribution in [3.05, 3.63) is 51.8 Å². The van der Waals surface area contributed by atoms with Crippen LogP contribution in [0.5, 0.6) is 0 Å². The van der Waals surface area contributed by atoms with Crippen LogP contribution in [0.15, 0.2) is 24.3 Å². The van der Waals surface area contributed by atoms with Gasteiger partial charge in [0.1, 0.15) is 5.65 Å². The van der Waals surface area contributed by atoms with Crippen LogP contribution in [0.4, 0.5) is 0 Å². The number of aryl methyl sites for hydroxylation is 2. The maximum Gasteiger partial charge on any atom is 0.337 e. The van der Waals surface area contributed by atoms with E-state index in [0.29, 0.717) is 22.2 Å². The van der Waals surface area contributed by atoms with Crippen molar-refractivity contribution < 1.29 is 14.6 Å². The summed E-state index contributed by atoms with van der Waals surface area (Å²) in [5, 5.41) is 11.9. The second-order valence-electron chi connectivity index (χ2n) is 11.0. The summed E-state index contributed by atoms with van der Waals surface area (Å²) in [5.41, 5.74) is 5.70. The van der Waals surface area contributed by atoms with E-state index in [1.165, 1.54) is 37.8 Å². The number of aliphatic carboxylic acids is 1. The van der Waals surface area contributed by atoms with Crippen molar-refractivity contribution in [2.45, 2.75) is 91.9 Å². The Morgan fingerprint density at radius 2 is 1.77 bits per heavy atom. The number of hydrogen-bond acceptors (Lipinski definition) is 3. The molecule has 1 fully saturated rings. The van der Waals surface area contributed by atoms with Gasteiger partial charge in [-0.1, -0.05) is 43.0 Å². The summed E-state index contributed by atoms with van der Waals surface area (Å²) in [6, 6.07) is 7.63. The standard InChI is InChI=1S/C29H37ClN2O3/c1-17-19(3)32(16-20-10-8-7-9-11-20)27-23(17)25(21-12-14-22(30)15-13-21)24(18(2)31-27)26(28(33)34)35-29(4,5)6/h12-15,20,26H,7-11,16H2,1-6H3,(H,33,34)/t26-/m0/s1. The average Bonchev–Trinajstić information content (AvgIpc) is 3.02. The Morgan fingerprint density at radius 3 is 2.34 bits per heavy atom. The molecule has 0 bridgehead atoms. The predicted octanol–water partition coefficient (Wildman–Crippen LogP) is 7.80. The minimum Gasteiger partial charge on any atom is -0.479 e. The van der Waals surface area contributed by atoms with Crippen molar-refractivity contribution in [2.75, 3.05) is 0 Å². The van der Waals surface area contributed by atoms with Crippen LogP contribution in [0.1, 0.15) is 81.5 Å². The zero-order valence-corrected chi connectivity index (χ0v) is 22.5. The third-order valence-corrected chi connectivity index (χ3v) is 7.49. The third-order valence-electron chi connectivity index (χ3n) is 7.24. The first-order valence-electron chi connectivity index (χ1n) is 12.6. The summed E-state index contributed by atoms with van der Waals surface area (Å²) in [7, 11) is 0. The first kappa shape index (κ1) is 25.7. The highest BCUT2D eigenvalue weighted by molar-refractivity contribution is 6.30. The van der Waals surface area contributed by atoms with E-state index in [1.54, 1.807) is 0 Å². The van der Waals surface area contributed by atoms with Crippen LogP contribution < -0.4 is 0 Å². The highest BCUT2D eigenvalue weighted by Crippen LogP contribution is 2.42. The molecule has 0 radical (unpaired) electrons. The fraction of sp³-hybridized carbons (Fsp3) is 0.517. The molecule has 1 aliphatic rings. The highest BCUT2D eigenvalue weighted by Gasteiger charge is 2.34. The zero-order valence-electron chi connectivity index (χ0n) is 21.7. The number of halogens is 1. The number of fused-ring (bicyclic) bond motifs is 1. The van der Waals surface area contributed by atoms with Gasteiger partial charge in [0.25, 0.3) is 0 Å². The molecule has 6 heteroatoms. The van der Waals surface area contributed by atoms with Crippen molar-refractivity contribution in [3.63, 3.8) is 0 Å². The van der Waals surface area contributed by atoms with E-state index in [0.717, 1.165) is 34.3 Å². The Labute approximate surface area is 213 Å². The molecule has 188 valence electrons. The minimum atomic E-state index is -1.14. The van der Waals surface area contributed by atoms with Gasteiger partial charge in [-0.15, -0.1) is 0 Å². The molecule has 1 aliphatic carbocycles. The molecule has 2 aromatic heterocycles. The number of rotatable bonds is 6. The Bertz CT molecular complexity index is 1230. The van der Waals surface area contributed by atoms with E-state index in [1.807, 2.05) is 52.0 Å². The lowest BCUT2D eigenvalue weighted by molar-refractivity contribution is -0.160. The quantitative estimate of drug-likeness (QED) is 0.378. The molecule has 5 nitrogen and oxygen atoms in total. The topological polar surface area (TPSA) is 64.4 Å². The summed E-state index contributed by atoms with van der Waals surface area (Å²) < 4.78 is 8.49. The molecule has 0 spiro atoms. The molecular weight excluding hydrogens is 460 g/mol. The molecule has 1 saturated carbocycles. The van der Waals surface area contributed by atoms with Gasteiger partial charge in [-0.05, 0) is 83.6 Å². The normalized spacial score (nSPS) is 16.1. The van der Waals surface area contributed by atoms with Gasteiger partial charge >= 0.3 is 5.97 Å². The lowest BCUT2D eigenvalue weighted by Crippen LogP contribution is -2.28. The largest absolute Gasteiger partial charge is 0.479 e. The summed E-state index contributed by atoms with van der Waals surface area (Å²) in [6.45, 7) is 12.8. The molecule has 0 amide bonds. The summed E-state index contributed by atoms with van der Waals surface area (Å²) in [6.07, 6.45) is 5.27. The van der Waals surface area contributed by atoms with E-state index in [2.05, 4.69) is 18.4 Å². The number of carbonyl (C=O) groups is 1. The molecule has 4 rings (SSSR count). The summed E-state index contributed by atoms with van der Waals surface area (Å²) >= 11 is 6.22. The van der Waals surface area contributed by atoms with Crippen molar-refractivity contribution in [1.29, 1.82) is 0 Å². The molecule has 1 atom stereocenters. The monoisotopic (exact) mass is 496 g/mol. The Balaban J connectivity index is 2.02. The van der Waals surface area contributed by atoms with Crippen LogP contribution in [-0.2, 0) is 16.1 Å². The van der Waals surface area contributed by atoms with Gasteiger partial charge in [0, 0.05) is 39.5 Å². The van der Waals surface area contributed by atoms with Gasteiger partial charge < -0.3 is 14.4 Å². The van der Waals surface area contributed by atoms with E-state index in [9.17, 15) is 9.90 Å². The number of hydrogen-bond donors (Lipinski definition) is 1. The summed E-state index contributed by atoms with van der Waals surface area (Å²) in [4.78, 5) is 17.6.